The predicted octanol–water partition coefficient (Wildman–Crippen LogP) is 1.98. The SMILES string of the molecule is O=C(O)CN1CC2(CCN(C(=O)CCCCNC(=O)OCc3ccccc3)CC2)OC1=O. The number of nitrogens with zero attached hydrogens (tertiary/aromatic N) is 2. The van der Waals surface area contributed by atoms with Crippen molar-refractivity contribution in [1.29, 1.82) is 0 Å². The molecule has 0 aromatic heterocycles. The third kappa shape index (κ3) is 6.60. The zero-order chi connectivity index (χ0) is 23.0. The van der Waals surface area contributed by atoms with Crippen molar-refractivity contribution >= 4 is 24.1 Å². The molecule has 2 saturated heterocycles. The minimum atomic E-state index is -1.08. The number of piperidine rings is 1. The molecule has 2 aliphatic heterocycles. The molecule has 10 heteroatoms. The van der Waals surface area contributed by atoms with Gasteiger partial charge in [0.1, 0.15) is 18.8 Å². The predicted molar refractivity (Wildman–Crippen MR) is 113 cm³/mol. The third-order valence-corrected chi connectivity index (χ3v) is 5.69. The number of aliphatic carboxylic acids is 1. The molecule has 0 atom stereocenters. The highest BCUT2D eigenvalue weighted by molar-refractivity contribution is 5.79. The van der Waals surface area contributed by atoms with Crippen LogP contribution in [0.15, 0.2) is 30.3 Å². The van der Waals surface area contributed by atoms with Gasteiger partial charge in [0.2, 0.25) is 5.91 Å². The molecule has 3 amide bonds. The monoisotopic (exact) mass is 447 g/mol. The maximum absolute atomic E-state index is 12.4. The van der Waals surface area contributed by atoms with Crippen molar-refractivity contribution in [2.24, 2.45) is 0 Å². The third-order valence-electron chi connectivity index (χ3n) is 5.69. The van der Waals surface area contributed by atoms with Crippen LogP contribution < -0.4 is 5.32 Å². The number of ether oxygens (including phenoxy) is 2. The number of rotatable bonds is 9. The van der Waals surface area contributed by atoms with Crippen LogP contribution in [0.3, 0.4) is 0 Å². The molecule has 32 heavy (non-hydrogen) atoms. The zero-order valence-electron chi connectivity index (χ0n) is 18.0. The summed E-state index contributed by atoms with van der Waals surface area (Å²) in [5.41, 5.74) is 0.214. The van der Waals surface area contributed by atoms with Crippen LogP contribution >= 0.6 is 0 Å². The Labute approximate surface area is 186 Å². The molecule has 1 aromatic carbocycles. The topological polar surface area (TPSA) is 125 Å². The highest BCUT2D eigenvalue weighted by Gasteiger charge is 2.47. The van der Waals surface area contributed by atoms with E-state index in [1.54, 1.807) is 4.90 Å². The molecule has 0 bridgehead atoms. The molecule has 2 aliphatic rings. The van der Waals surface area contributed by atoms with Crippen LogP contribution in [0.4, 0.5) is 9.59 Å². The lowest BCUT2D eigenvalue weighted by atomic mass is 9.91. The van der Waals surface area contributed by atoms with E-state index in [1.165, 1.54) is 4.90 Å². The van der Waals surface area contributed by atoms with E-state index in [4.69, 9.17) is 14.6 Å². The summed E-state index contributed by atoms with van der Waals surface area (Å²) in [7, 11) is 0. The lowest BCUT2D eigenvalue weighted by molar-refractivity contribution is -0.137. The van der Waals surface area contributed by atoms with Crippen molar-refractivity contribution in [3.8, 4) is 0 Å². The molecule has 1 spiro atoms. The molecule has 1 aromatic rings. The van der Waals surface area contributed by atoms with Crippen LogP contribution in [0.2, 0.25) is 0 Å². The Bertz CT molecular complexity index is 822. The van der Waals surface area contributed by atoms with Gasteiger partial charge in [0.15, 0.2) is 0 Å². The number of hydrogen-bond acceptors (Lipinski definition) is 6. The molecule has 2 heterocycles. The second kappa shape index (κ2) is 10.8. The molecule has 0 unspecified atom stereocenters. The van der Waals surface area contributed by atoms with E-state index in [-0.39, 0.29) is 25.6 Å². The second-order valence-corrected chi connectivity index (χ2v) is 8.13. The first kappa shape index (κ1) is 23.4. The van der Waals surface area contributed by atoms with Gasteiger partial charge < -0.3 is 24.8 Å². The molecule has 0 radical (unpaired) electrons. The van der Waals surface area contributed by atoms with E-state index in [0.29, 0.717) is 51.7 Å². The molecule has 0 saturated carbocycles. The number of carboxylic acid groups (broad SMARTS) is 1. The highest BCUT2D eigenvalue weighted by Crippen LogP contribution is 2.33. The van der Waals surface area contributed by atoms with Crippen LogP contribution in [-0.2, 0) is 25.7 Å². The van der Waals surface area contributed by atoms with Crippen molar-refractivity contribution in [2.75, 3.05) is 32.7 Å². The van der Waals surface area contributed by atoms with Crippen molar-refractivity contribution < 1.29 is 33.8 Å². The van der Waals surface area contributed by atoms with Crippen molar-refractivity contribution in [3.05, 3.63) is 35.9 Å². The summed E-state index contributed by atoms with van der Waals surface area (Å²) >= 11 is 0. The fourth-order valence-electron chi connectivity index (χ4n) is 3.93. The van der Waals surface area contributed by atoms with Gasteiger partial charge in [-0.15, -0.1) is 0 Å². The summed E-state index contributed by atoms with van der Waals surface area (Å²) in [6.07, 6.45) is 1.57. The zero-order valence-corrected chi connectivity index (χ0v) is 18.0. The number of alkyl carbamates (subject to hydrolysis) is 1. The average Bonchev–Trinajstić information content (AvgIpc) is 3.06. The average molecular weight is 447 g/mol. The summed E-state index contributed by atoms with van der Waals surface area (Å²) in [5.74, 6) is -1.05. The molecular weight excluding hydrogens is 418 g/mol. The number of hydrogen-bond donors (Lipinski definition) is 2. The molecule has 2 N–H and O–H groups in total. The lowest BCUT2D eigenvalue weighted by Gasteiger charge is -2.37. The first-order chi connectivity index (χ1) is 15.4. The Morgan fingerprint density at radius 1 is 1.12 bits per heavy atom. The van der Waals surface area contributed by atoms with Crippen molar-refractivity contribution in [2.45, 2.75) is 44.3 Å². The quantitative estimate of drug-likeness (QED) is 0.555. The molecular formula is C22H29N3O7. The number of nitrogens with one attached hydrogen (secondary N) is 1. The first-order valence-corrected chi connectivity index (χ1v) is 10.8. The van der Waals surface area contributed by atoms with Gasteiger partial charge in [-0.2, -0.15) is 0 Å². The van der Waals surface area contributed by atoms with E-state index >= 15 is 0 Å². The van der Waals surface area contributed by atoms with Crippen LogP contribution in [0, 0.1) is 0 Å². The van der Waals surface area contributed by atoms with E-state index < -0.39 is 23.8 Å². The normalized spacial score (nSPS) is 17.2. The van der Waals surface area contributed by atoms with Gasteiger partial charge in [-0.3, -0.25) is 14.5 Å². The lowest BCUT2D eigenvalue weighted by Crippen LogP contribution is -2.48. The number of benzene rings is 1. The van der Waals surface area contributed by atoms with Crippen molar-refractivity contribution in [1.82, 2.24) is 15.1 Å². The highest BCUT2D eigenvalue weighted by atomic mass is 16.6. The Hall–Kier alpha value is -3.30. The summed E-state index contributed by atoms with van der Waals surface area (Å²) < 4.78 is 10.6. The largest absolute Gasteiger partial charge is 0.480 e. The maximum Gasteiger partial charge on any atom is 0.411 e. The van der Waals surface area contributed by atoms with Crippen LogP contribution in [0.5, 0.6) is 0 Å². The van der Waals surface area contributed by atoms with Crippen molar-refractivity contribution in [3.63, 3.8) is 0 Å². The second-order valence-electron chi connectivity index (χ2n) is 8.13. The Balaban J connectivity index is 1.27. The van der Waals surface area contributed by atoms with E-state index in [1.807, 2.05) is 30.3 Å². The Kier molecular flexibility index (Phi) is 7.91. The summed E-state index contributed by atoms with van der Waals surface area (Å²) in [4.78, 5) is 49.8. The fraction of sp³-hybridized carbons (Fsp3) is 0.545. The van der Waals surface area contributed by atoms with Gasteiger partial charge in [0, 0.05) is 38.9 Å². The van der Waals surface area contributed by atoms with E-state index in [2.05, 4.69) is 5.32 Å². The number of likely N-dealkylation sites (tertiary alicyclic amines) is 1. The molecule has 2 fully saturated rings. The number of amides is 3. The van der Waals surface area contributed by atoms with Crippen LogP contribution in [0.25, 0.3) is 0 Å². The summed E-state index contributed by atoms with van der Waals surface area (Å²) in [6.45, 7) is 1.45. The molecule has 0 aliphatic carbocycles. The fourth-order valence-corrected chi connectivity index (χ4v) is 3.93. The molecule has 10 nitrogen and oxygen atoms in total. The number of carbonyl (C=O) groups excluding carboxylic acids is 3. The molecule has 174 valence electrons. The van der Waals surface area contributed by atoms with Gasteiger partial charge in [0.05, 0.1) is 6.54 Å². The van der Waals surface area contributed by atoms with Gasteiger partial charge in [0.25, 0.3) is 0 Å². The number of unbranched alkanes of at least 4 members (excludes halogenated alkanes) is 1. The summed E-state index contributed by atoms with van der Waals surface area (Å²) in [5, 5.41) is 11.6. The van der Waals surface area contributed by atoms with Crippen LogP contribution in [0.1, 0.15) is 37.7 Å². The Morgan fingerprint density at radius 2 is 1.84 bits per heavy atom. The smallest absolute Gasteiger partial charge is 0.411 e. The van der Waals surface area contributed by atoms with Gasteiger partial charge >= 0.3 is 18.2 Å². The first-order valence-electron chi connectivity index (χ1n) is 10.8. The van der Waals surface area contributed by atoms with Gasteiger partial charge in [-0.1, -0.05) is 30.3 Å². The summed E-state index contributed by atoms with van der Waals surface area (Å²) in [6, 6.07) is 9.41. The van der Waals surface area contributed by atoms with Gasteiger partial charge in [-0.05, 0) is 18.4 Å². The Morgan fingerprint density at radius 3 is 2.53 bits per heavy atom. The standard InChI is InChI=1S/C22H29N3O7/c26-18(8-4-5-11-23-20(29)31-15-17-6-2-1-3-7-17)24-12-9-22(10-13-24)16-25(14-19(27)28)21(30)32-22/h1-3,6-7H,4-5,8-16H2,(H,23,29)(H,27,28). The maximum atomic E-state index is 12.4. The molecule has 3 rings (SSSR count). The minimum absolute atomic E-state index is 0.0261. The van der Waals surface area contributed by atoms with Crippen LogP contribution in [-0.4, -0.2) is 77.3 Å². The number of carbonyl (C=O) groups is 4. The van der Waals surface area contributed by atoms with E-state index in [9.17, 15) is 19.2 Å². The number of carboxylic acids is 1. The minimum Gasteiger partial charge on any atom is -0.480 e. The van der Waals surface area contributed by atoms with E-state index in [0.717, 1.165) is 5.56 Å². The van der Waals surface area contributed by atoms with Gasteiger partial charge in [-0.25, -0.2) is 9.59 Å².